The molecule has 0 aromatic heterocycles. The predicted molar refractivity (Wildman–Crippen MR) is 188 cm³/mol. The highest BCUT2D eigenvalue weighted by Gasteiger charge is 2.66. The molecule has 3 atom stereocenters. The number of carbonyl (C=O) groups excluding carboxylic acids is 2. The number of nitrogens with zero attached hydrogens (tertiary/aromatic N) is 2. The zero-order chi connectivity index (χ0) is 34.6. The fourth-order valence-electron chi connectivity index (χ4n) is 7.94. The molecule has 5 aromatic rings. The van der Waals surface area contributed by atoms with E-state index in [0.717, 1.165) is 27.8 Å². The minimum atomic E-state index is -4.22. The highest BCUT2D eigenvalue weighted by Crippen LogP contribution is 2.60. The molecule has 0 N–H and O–H groups in total. The molecule has 0 saturated carbocycles. The van der Waals surface area contributed by atoms with E-state index in [2.05, 4.69) is 41.3 Å². The van der Waals surface area contributed by atoms with Crippen LogP contribution in [0.25, 0.3) is 11.1 Å². The number of esters is 1. The quantitative estimate of drug-likeness (QED) is 0.115. The number of anilines is 1. The van der Waals surface area contributed by atoms with Gasteiger partial charge in [0, 0.05) is 19.1 Å². The van der Waals surface area contributed by atoms with Crippen molar-refractivity contribution in [2.24, 2.45) is 0 Å². The van der Waals surface area contributed by atoms with Gasteiger partial charge in [-0.25, -0.2) is 13.2 Å². The van der Waals surface area contributed by atoms with Gasteiger partial charge in [0.05, 0.1) is 47.4 Å². The maximum absolute atomic E-state index is 14.8. The lowest BCUT2D eigenvalue weighted by molar-refractivity contribution is -0.119. The summed E-state index contributed by atoms with van der Waals surface area (Å²) in [6.45, 7) is -0.243. The fourth-order valence-corrected chi connectivity index (χ4v) is 9.46. The second-order valence-corrected chi connectivity index (χ2v) is 14.5. The third kappa shape index (κ3) is 4.78. The summed E-state index contributed by atoms with van der Waals surface area (Å²) < 4.78 is 47.0. The Bertz CT molecular complexity index is 2200. The Kier molecular flexibility index (Phi) is 7.82. The Hall–Kier alpha value is -5.29. The van der Waals surface area contributed by atoms with Gasteiger partial charge in [-0.2, -0.15) is 0 Å². The maximum Gasteiger partial charge on any atom is 0.338 e. The molecule has 5 aromatic carbocycles. The maximum atomic E-state index is 14.8. The number of Topliss-reactive ketones (excluding diaryl/α,β-unsaturated/α-hetero) is 1. The largest absolute Gasteiger partial charge is 0.467 e. The molecular formula is C40H34N2O7S. The summed E-state index contributed by atoms with van der Waals surface area (Å²) in [6, 6.07) is 36.5. The highest BCUT2D eigenvalue weighted by molar-refractivity contribution is 7.92. The first-order chi connectivity index (χ1) is 24.3. The van der Waals surface area contributed by atoms with E-state index in [9.17, 15) is 18.0 Å². The van der Waals surface area contributed by atoms with Crippen LogP contribution < -0.4 is 9.04 Å². The summed E-state index contributed by atoms with van der Waals surface area (Å²) in [5.74, 6) is -0.585. The Balaban J connectivity index is 1.37. The molecule has 0 amide bonds. The summed E-state index contributed by atoms with van der Waals surface area (Å²) in [4.78, 5) is 29.9. The Morgan fingerprint density at radius 1 is 0.820 bits per heavy atom. The van der Waals surface area contributed by atoms with Gasteiger partial charge < -0.3 is 14.2 Å². The van der Waals surface area contributed by atoms with E-state index in [-0.39, 0.29) is 47.4 Å². The van der Waals surface area contributed by atoms with Gasteiger partial charge in [0.25, 0.3) is 10.0 Å². The van der Waals surface area contributed by atoms with Crippen molar-refractivity contribution < 1.29 is 32.2 Å². The first-order valence-electron chi connectivity index (χ1n) is 16.3. The van der Waals surface area contributed by atoms with Crippen molar-refractivity contribution in [3.05, 3.63) is 149 Å². The van der Waals surface area contributed by atoms with E-state index < -0.39 is 33.6 Å². The third-order valence-corrected chi connectivity index (χ3v) is 11.8. The summed E-state index contributed by atoms with van der Waals surface area (Å²) in [6.07, 6.45) is -0.136. The van der Waals surface area contributed by atoms with Gasteiger partial charge in [-0.15, -0.1) is 0 Å². The van der Waals surface area contributed by atoms with Crippen molar-refractivity contribution in [3.8, 4) is 16.9 Å². The molecule has 2 heterocycles. The topological polar surface area (TPSA) is 102 Å². The molecule has 10 heteroatoms. The minimum absolute atomic E-state index is 0.0616. The molecule has 252 valence electrons. The number of ether oxygens (including phenoxy) is 3. The average molecular weight is 687 g/mol. The zero-order valence-electron chi connectivity index (χ0n) is 27.5. The molecule has 0 spiro atoms. The lowest BCUT2D eigenvalue weighted by Crippen LogP contribution is -2.41. The van der Waals surface area contributed by atoms with Crippen LogP contribution in [-0.4, -0.2) is 64.7 Å². The second kappa shape index (κ2) is 12.2. The lowest BCUT2D eigenvalue weighted by Gasteiger charge is -2.36. The molecule has 50 heavy (non-hydrogen) atoms. The van der Waals surface area contributed by atoms with Crippen LogP contribution in [-0.2, 0) is 36.3 Å². The number of carbonyl (C=O) groups is 2. The van der Waals surface area contributed by atoms with E-state index >= 15 is 0 Å². The molecule has 1 aliphatic carbocycles. The van der Waals surface area contributed by atoms with Crippen LogP contribution in [0.5, 0.6) is 5.75 Å². The molecule has 1 saturated heterocycles. The zero-order valence-corrected chi connectivity index (χ0v) is 28.3. The van der Waals surface area contributed by atoms with Gasteiger partial charge in [0.15, 0.2) is 12.6 Å². The van der Waals surface area contributed by atoms with E-state index in [1.165, 1.54) is 30.7 Å². The lowest BCUT2D eigenvalue weighted by atomic mass is 9.80. The number of methoxy groups -OCH3 is 2. The standard InChI is InChI=1S/C40H34N2O7S/c1-47-25-49-37-22-26(39(44)48-2)21-34-31(37)23-36(43)38-35(24-41(34)50(45,46)28-15-7-4-8-16-28)42(38)40(27-13-5-3-6-14-27)32-19-11-9-17-29(32)30-18-10-12-20-33(30)40/h3-22,35,38H,23-25H2,1-2H3/t35-,38-,42?/m0/s1. The van der Waals surface area contributed by atoms with Crippen LogP contribution in [0.3, 0.4) is 0 Å². The molecule has 3 aliphatic rings. The Morgan fingerprint density at radius 3 is 2.04 bits per heavy atom. The van der Waals surface area contributed by atoms with E-state index in [1.807, 2.05) is 42.5 Å². The molecule has 2 aliphatic heterocycles. The third-order valence-electron chi connectivity index (χ3n) is 10.0. The first kappa shape index (κ1) is 31.9. The SMILES string of the molecule is COCOc1cc(C(=O)OC)cc2c1CC(=O)[C@@H]1[C@H](CN2S(=O)(=O)c2ccccc2)N1C1(c2ccccc2)c2ccccc2-c2ccccc21. The van der Waals surface area contributed by atoms with Gasteiger partial charge in [-0.3, -0.25) is 14.0 Å². The average Bonchev–Trinajstić information content (AvgIpc) is 3.79. The molecule has 1 fully saturated rings. The van der Waals surface area contributed by atoms with Crippen molar-refractivity contribution in [2.75, 3.05) is 31.9 Å². The Labute approximate surface area is 290 Å². The van der Waals surface area contributed by atoms with Gasteiger partial charge in [0.2, 0.25) is 0 Å². The molecular weight excluding hydrogens is 653 g/mol. The second-order valence-electron chi connectivity index (χ2n) is 12.6. The number of benzene rings is 5. The van der Waals surface area contributed by atoms with Crippen LogP contribution in [0.4, 0.5) is 5.69 Å². The van der Waals surface area contributed by atoms with Crippen LogP contribution >= 0.6 is 0 Å². The number of hydrogen-bond acceptors (Lipinski definition) is 8. The summed E-state index contributed by atoms with van der Waals surface area (Å²) in [7, 11) is -1.51. The van der Waals surface area contributed by atoms with Crippen molar-refractivity contribution in [1.29, 1.82) is 0 Å². The van der Waals surface area contributed by atoms with Gasteiger partial charge >= 0.3 is 5.97 Å². The van der Waals surface area contributed by atoms with Crippen molar-refractivity contribution >= 4 is 27.5 Å². The van der Waals surface area contributed by atoms with Gasteiger partial charge in [0.1, 0.15) is 5.75 Å². The monoisotopic (exact) mass is 686 g/mol. The number of ketones is 1. The molecule has 1 unspecified atom stereocenters. The number of hydrogen-bond donors (Lipinski definition) is 0. The molecule has 9 nitrogen and oxygen atoms in total. The van der Waals surface area contributed by atoms with Gasteiger partial charge in [-0.05, 0) is 52.1 Å². The van der Waals surface area contributed by atoms with E-state index in [1.54, 1.807) is 30.3 Å². The molecule has 8 rings (SSSR count). The van der Waals surface area contributed by atoms with Crippen molar-refractivity contribution in [1.82, 2.24) is 4.90 Å². The van der Waals surface area contributed by atoms with Crippen molar-refractivity contribution in [3.63, 3.8) is 0 Å². The highest BCUT2D eigenvalue weighted by atomic mass is 32.2. The van der Waals surface area contributed by atoms with Crippen LogP contribution in [0.15, 0.2) is 126 Å². The van der Waals surface area contributed by atoms with Crippen LogP contribution in [0.1, 0.15) is 32.6 Å². The minimum Gasteiger partial charge on any atom is -0.467 e. The predicted octanol–water partition coefficient (Wildman–Crippen LogP) is 5.80. The van der Waals surface area contributed by atoms with Crippen LogP contribution in [0, 0.1) is 0 Å². The van der Waals surface area contributed by atoms with Gasteiger partial charge in [-0.1, -0.05) is 97.1 Å². The Morgan fingerprint density at radius 2 is 1.42 bits per heavy atom. The summed E-state index contributed by atoms with van der Waals surface area (Å²) >= 11 is 0. The molecule has 0 bridgehead atoms. The van der Waals surface area contributed by atoms with E-state index in [4.69, 9.17) is 14.2 Å². The van der Waals surface area contributed by atoms with Crippen LogP contribution in [0.2, 0.25) is 0 Å². The normalized spacial score (nSPS) is 20.0. The first-order valence-corrected chi connectivity index (χ1v) is 17.8. The summed E-state index contributed by atoms with van der Waals surface area (Å²) in [5, 5.41) is 0. The molecule has 0 radical (unpaired) electrons. The number of sulfonamides is 1. The van der Waals surface area contributed by atoms with Crippen molar-refractivity contribution in [2.45, 2.75) is 28.9 Å². The summed E-state index contributed by atoms with van der Waals surface area (Å²) in [5.41, 5.74) is 4.89. The number of fused-ring (bicyclic) bond motifs is 5. The fraction of sp³-hybridized carbons (Fsp3) is 0.200. The smallest absolute Gasteiger partial charge is 0.338 e. The number of rotatable bonds is 8. The van der Waals surface area contributed by atoms with E-state index in [0.29, 0.717) is 5.56 Å².